The SMILES string of the molecule is Cc1ccnn1-c1ccc(C(=O)NNC(=O)C(=O)NCc2ccco2)cc1. The van der Waals surface area contributed by atoms with E-state index >= 15 is 0 Å². The van der Waals surface area contributed by atoms with E-state index in [1.165, 1.54) is 6.26 Å². The predicted molar refractivity (Wildman–Crippen MR) is 94.5 cm³/mol. The largest absolute Gasteiger partial charge is 0.467 e. The van der Waals surface area contributed by atoms with Crippen molar-refractivity contribution in [2.75, 3.05) is 0 Å². The topological polar surface area (TPSA) is 118 Å². The van der Waals surface area contributed by atoms with Crippen molar-refractivity contribution in [1.29, 1.82) is 0 Å². The van der Waals surface area contributed by atoms with E-state index in [1.54, 1.807) is 47.3 Å². The van der Waals surface area contributed by atoms with Crippen LogP contribution in [0.15, 0.2) is 59.3 Å². The lowest BCUT2D eigenvalue weighted by molar-refractivity contribution is -0.139. The Morgan fingerprint density at radius 1 is 1.04 bits per heavy atom. The smallest absolute Gasteiger partial charge is 0.327 e. The molecule has 9 heteroatoms. The van der Waals surface area contributed by atoms with Crippen LogP contribution in [0.2, 0.25) is 0 Å². The van der Waals surface area contributed by atoms with E-state index in [9.17, 15) is 14.4 Å². The molecule has 2 heterocycles. The highest BCUT2D eigenvalue weighted by Gasteiger charge is 2.15. The number of nitrogens with one attached hydrogen (secondary N) is 3. The maximum absolute atomic E-state index is 12.1. The molecular formula is C18H17N5O4. The molecule has 3 aromatic rings. The maximum Gasteiger partial charge on any atom is 0.327 e. The summed E-state index contributed by atoms with van der Waals surface area (Å²) in [5.74, 6) is -1.92. The molecular weight excluding hydrogens is 350 g/mol. The Morgan fingerprint density at radius 3 is 2.44 bits per heavy atom. The number of carbonyl (C=O) groups excluding carboxylic acids is 3. The van der Waals surface area contributed by atoms with Gasteiger partial charge >= 0.3 is 11.8 Å². The highest BCUT2D eigenvalue weighted by Crippen LogP contribution is 2.11. The van der Waals surface area contributed by atoms with Gasteiger partial charge in [0.05, 0.1) is 18.5 Å². The van der Waals surface area contributed by atoms with Crippen LogP contribution in [0.3, 0.4) is 0 Å². The lowest BCUT2D eigenvalue weighted by Gasteiger charge is -2.08. The second-order valence-corrected chi connectivity index (χ2v) is 5.60. The molecule has 3 N–H and O–H groups in total. The third kappa shape index (κ3) is 4.40. The van der Waals surface area contributed by atoms with Crippen molar-refractivity contribution in [3.63, 3.8) is 0 Å². The molecule has 0 radical (unpaired) electrons. The van der Waals surface area contributed by atoms with Crippen molar-refractivity contribution in [3.8, 4) is 5.69 Å². The van der Waals surface area contributed by atoms with Gasteiger partial charge in [0.25, 0.3) is 5.91 Å². The summed E-state index contributed by atoms with van der Waals surface area (Å²) in [6, 6.07) is 11.8. The van der Waals surface area contributed by atoms with Gasteiger partial charge in [-0.1, -0.05) is 0 Å². The Labute approximate surface area is 154 Å². The van der Waals surface area contributed by atoms with Gasteiger partial charge in [0, 0.05) is 17.5 Å². The molecule has 9 nitrogen and oxygen atoms in total. The third-order valence-electron chi connectivity index (χ3n) is 3.71. The molecule has 2 aromatic heterocycles. The van der Waals surface area contributed by atoms with Gasteiger partial charge in [-0.15, -0.1) is 0 Å². The van der Waals surface area contributed by atoms with E-state index in [0.717, 1.165) is 11.4 Å². The van der Waals surface area contributed by atoms with Crippen LogP contribution in [0.5, 0.6) is 0 Å². The molecule has 0 saturated heterocycles. The van der Waals surface area contributed by atoms with Crippen LogP contribution >= 0.6 is 0 Å². The van der Waals surface area contributed by atoms with E-state index in [-0.39, 0.29) is 6.54 Å². The summed E-state index contributed by atoms with van der Waals surface area (Å²) < 4.78 is 6.77. The summed E-state index contributed by atoms with van der Waals surface area (Å²) in [7, 11) is 0. The maximum atomic E-state index is 12.1. The average molecular weight is 367 g/mol. The van der Waals surface area contributed by atoms with Crippen LogP contribution in [-0.4, -0.2) is 27.5 Å². The summed E-state index contributed by atoms with van der Waals surface area (Å²) in [6.07, 6.45) is 3.14. The summed E-state index contributed by atoms with van der Waals surface area (Å²) in [4.78, 5) is 35.5. The number of hydrogen-bond donors (Lipinski definition) is 3. The van der Waals surface area contributed by atoms with Gasteiger partial charge in [0.15, 0.2) is 0 Å². The molecule has 1 aromatic carbocycles. The molecule has 138 valence electrons. The predicted octanol–water partition coefficient (Wildman–Crippen LogP) is 0.851. The number of rotatable bonds is 4. The second-order valence-electron chi connectivity index (χ2n) is 5.60. The van der Waals surface area contributed by atoms with E-state index in [2.05, 4.69) is 21.3 Å². The summed E-state index contributed by atoms with van der Waals surface area (Å²) in [6.45, 7) is 1.99. The van der Waals surface area contributed by atoms with Crippen LogP contribution in [0.1, 0.15) is 21.8 Å². The van der Waals surface area contributed by atoms with E-state index in [1.807, 2.05) is 13.0 Å². The Morgan fingerprint density at radius 2 is 1.81 bits per heavy atom. The average Bonchev–Trinajstić information content (AvgIpc) is 3.35. The Balaban J connectivity index is 1.50. The number of furan rings is 1. The zero-order valence-corrected chi connectivity index (χ0v) is 14.4. The molecule has 0 aliphatic rings. The van der Waals surface area contributed by atoms with Crippen molar-refractivity contribution in [1.82, 2.24) is 25.9 Å². The normalized spacial score (nSPS) is 10.3. The quantitative estimate of drug-likeness (QED) is 0.467. The molecule has 0 aliphatic carbocycles. The van der Waals surface area contributed by atoms with Crippen LogP contribution in [-0.2, 0) is 16.1 Å². The van der Waals surface area contributed by atoms with Crippen LogP contribution in [0, 0.1) is 6.92 Å². The highest BCUT2D eigenvalue weighted by molar-refractivity contribution is 6.35. The first-order valence-electron chi connectivity index (χ1n) is 8.06. The second kappa shape index (κ2) is 8.00. The van der Waals surface area contributed by atoms with Crippen molar-refractivity contribution in [2.24, 2.45) is 0 Å². The molecule has 0 fully saturated rings. The lowest BCUT2D eigenvalue weighted by atomic mass is 10.2. The molecule has 0 spiro atoms. The first-order chi connectivity index (χ1) is 13.0. The minimum absolute atomic E-state index is 0.0709. The molecule has 0 aliphatic heterocycles. The monoisotopic (exact) mass is 367 g/mol. The minimum atomic E-state index is -0.987. The van der Waals surface area contributed by atoms with Gasteiger partial charge in [-0.05, 0) is 49.4 Å². The number of aromatic nitrogens is 2. The van der Waals surface area contributed by atoms with Gasteiger partial charge < -0.3 is 9.73 Å². The van der Waals surface area contributed by atoms with Crippen molar-refractivity contribution < 1.29 is 18.8 Å². The van der Waals surface area contributed by atoms with Gasteiger partial charge in [-0.25, -0.2) is 4.68 Å². The van der Waals surface area contributed by atoms with Crippen LogP contribution in [0.25, 0.3) is 5.69 Å². The summed E-state index contributed by atoms with van der Waals surface area (Å²) >= 11 is 0. The molecule has 0 atom stereocenters. The summed E-state index contributed by atoms with van der Waals surface area (Å²) in [5.41, 5.74) is 6.34. The number of benzene rings is 1. The number of nitrogens with zero attached hydrogens (tertiary/aromatic N) is 2. The van der Waals surface area contributed by atoms with E-state index in [4.69, 9.17) is 4.42 Å². The summed E-state index contributed by atoms with van der Waals surface area (Å²) in [5, 5.41) is 6.55. The molecule has 0 bridgehead atoms. The molecule has 3 rings (SSSR count). The Kier molecular flexibility index (Phi) is 5.31. The Bertz CT molecular complexity index is 945. The fourth-order valence-corrected chi connectivity index (χ4v) is 2.30. The van der Waals surface area contributed by atoms with E-state index < -0.39 is 17.7 Å². The lowest BCUT2D eigenvalue weighted by Crippen LogP contribution is -2.48. The van der Waals surface area contributed by atoms with E-state index in [0.29, 0.717) is 11.3 Å². The van der Waals surface area contributed by atoms with Gasteiger partial charge in [-0.3, -0.25) is 25.2 Å². The van der Waals surface area contributed by atoms with Gasteiger partial charge in [0.2, 0.25) is 0 Å². The zero-order valence-electron chi connectivity index (χ0n) is 14.4. The molecule has 0 unspecified atom stereocenters. The number of carbonyl (C=O) groups is 3. The number of aryl methyl sites for hydroxylation is 1. The number of hydrazine groups is 1. The van der Waals surface area contributed by atoms with Crippen molar-refractivity contribution in [2.45, 2.75) is 13.5 Å². The highest BCUT2D eigenvalue weighted by atomic mass is 16.3. The van der Waals surface area contributed by atoms with Crippen LogP contribution < -0.4 is 16.2 Å². The van der Waals surface area contributed by atoms with Crippen molar-refractivity contribution >= 4 is 17.7 Å². The third-order valence-corrected chi connectivity index (χ3v) is 3.71. The first-order valence-corrected chi connectivity index (χ1v) is 8.06. The first kappa shape index (κ1) is 17.9. The van der Waals surface area contributed by atoms with Crippen LogP contribution in [0.4, 0.5) is 0 Å². The zero-order chi connectivity index (χ0) is 19.2. The minimum Gasteiger partial charge on any atom is -0.467 e. The standard InChI is InChI=1S/C18H17N5O4/c1-12-8-9-20-23(12)14-6-4-13(5-7-14)16(24)21-22-18(26)17(25)19-11-15-3-2-10-27-15/h2-10H,11H2,1H3,(H,19,25)(H,21,24)(H,22,26). The fourth-order valence-electron chi connectivity index (χ4n) is 2.30. The Hall–Kier alpha value is -3.88. The van der Waals surface area contributed by atoms with Crippen molar-refractivity contribution in [3.05, 3.63) is 71.9 Å². The van der Waals surface area contributed by atoms with Gasteiger partial charge in [0.1, 0.15) is 5.76 Å². The fraction of sp³-hybridized carbons (Fsp3) is 0.111. The molecule has 27 heavy (non-hydrogen) atoms. The molecule has 0 saturated carbocycles. The number of amides is 3. The van der Waals surface area contributed by atoms with Gasteiger partial charge in [-0.2, -0.15) is 5.10 Å². The molecule has 3 amide bonds. The number of hydrogen-bond acceptors (Lipinski definition) is 5.